The van der Waals surface area contributed by atoms with Crippen molar-refractivity contribution in [2.45, 2.75) is 76.7 Å². The predicted molar refractivity (Wildman–Crippen MR) is 141 cm³/mol. The lowest BCUT2D eigenvalue weighted by molar-refractivity contribution is -0.0735. The van der Waals surface area contributed by atoms with Gasteiger partial charge < -0.3 is 20.1 Å². The third-order valence-electron chi connectivity index (χ3n) is 9.12. The normalized spacial score (nSPS) is 27.5. The molecule has 3 aliphatic rings. The standard InChI is InChI=1S/C29H39N3O3/c1-4-5-16-35-27(34)31-23-11-7-6-10-22(23)30-24-17-20-18-26-28(2)12-8-9-13-29(28,14-15-32(26)3)21(20)19-25(24)33/h6-7,10-11,17,19,26,30,33H,4-5,8-9,12-16,18H2,1-3H3,(H,31,34)/t26-,28+,29+/m0/s1. The van der Waals surface area contributed by atoms with Gasteiger partial charge in [0.05, 0.1) is 23.7 Å². The summed E-state index contributed by atoms with van der Waals surface area (Å²) in [4.78, 5) is 14.8. The number of phenolic OH excluding ortho intramolecular Hbond substituents is 1. The molecule has 0 aromatic heterocycles. The topological polar surface area (TPSA) is 73.8 Å². The molecule has 35 heavy (non-hydrogen) atoms. The van der Waals surface area contributed by atoms with Gasteiger partial charge in [-0.05, 0) is 86.5 Å². The number of fused-ring (bicyclic) bond motifs is 1. The summed E-state index contributed by atoms with van der Waals surface area (Å²) in [5.74, 6) is 0.267. The van der Waals surface area contributed by atoms with Gasteiger partial charge in [-0.2, -0.15) is 0 Å². The molecule has 188 valence electrons. The van der Waals surface area contributed by atoms with Crippen molar-refractivity contribution in [3.8, 4) is 5.75 Å². The van der Waals surface area contributed by atoms with E-state index in [9.17, 15) is 9.90 Å². The van der Waals surface area contributed by atoms with E-state index in [0.29, 0.717) is 24.0 Å². The van der Waals surface area contributed by atoms with Crippen molar-refractivity contribution >= 4 is 23.2 Å². The molecule has 1 amide bonds. The van der Waals surface area contributed by atoms with Gasteiger partial charge in [-0.15, -0.1) is 0 Å². The van der Waals surface area contributed by atoms with Crippen LogP contribution in [0.5, 0.6) is 5.75 Å². The van der Waals surface area contributed by atoms with Crippen LogP contribution in [-0.2, 0) is 16.6 Å². The lowest BCUT2D eigenvalue weighted by atomic mass is 9.45. The molecule has 0 radical (unpaired) electrons. The van der Waals surface area contributed by atoms with E-state index in [1.165, 1.54) is 36.8 Å². The Hall–Kier alpha value is -2.73. The summed E-state index contributed by atoms with van der Waals surface area (Å²) < 4.78 is 5.27. The van der Waals surface area contributed by atoms with E-state index in [1.54, 1.807) is 0 Å². The molecule has 5 rings (SSSR count). The Balaban J connectivity index is 1.45. The Morgan fingerprint density at radius 1 is 1.14 bits per heavy atom. The molecule has 2 aromatic carbocycles. The number of para-hydroxylation sites is 2. The van der Waals surface area contributed by atoms with Gasteiger partial charge in [0.15, 0.2) is 0 Å². The number of amides is 1. The molecule has 1 aliphatic heterocycles. The van der Waals surface area contributed by atoms with Gasteiger partial charge in [-0.3, -0.25) is 5.32 Å². The van der Waals surface area contributed by atoms with Gasteiger partial charge in [-0.1, -0.05) is 45.2 Å². The highest BCUT2D eigenvalue weighted by atomic mass is 16.5. The first kappa shape index (κ1) is 24.0. The van der Waals surface area contributed by atoms with Gasteiger partial charge in [0.25, 0.3) is 0 Å². The summed E-state index contributed by atoms with van der Waals surface area (Å²) in [6.07, 6.45) is 8.54. The Bertz CT molecular complexity index is 1100. The summed E-state index contributed by atoms with van der Waals surface area (Å²) in [5.41, 5.74) is 5.12. The monoisotopic (exact) mass is 477 g/mol. The first-order valence-corrected chi connectivity index (χ1v) is 13.2. The minimum atomic E-state index is -0.464. The van der Waals surface area contributed by atoms with E-state index in [2.05, 4.69) is 42.5 Å². The van der Waals surface area contributed by atoms with Crippen molar-refractivity contribution in [1.29, 1.82) is 0 Å². The highest BCUT2D eigenvalue weighted by molar-refractivity contribution is 5.91. The first-order chi connectivity index (χ1) is 16.9. The summed E-state index contributed by atoms with van der Waals surface area (Å²) in [6.45, 7) is 6.08. The fourth-order valence-corrected chi connectivity index (χ4v) is 7.16. The van der Waals surface area contributed by atoms with Crippen LogP contribution in [0.25, 0.3) is 0 Å². The van der Waals surface area contributed by atoms with Crippen LogP contribution in [0.1, 0.15) is 69.9 Å². The molecule has 6 nitrogen and oxygen atoms in total. The molecule has 1 saturated carbocycles. The Morgan fingerprint density at radius 3 is 2.71 bits per heavy atom. The SMILES string of the molecule is CCCCOC(=O)Nc1ccccc1Nc1cc2c(cc1O)[C@]13CCCC[C@]1(C)[C@H](C2)N(C)CC3. The van der Waals surface area contributed by atoms with Crippen LogP contribution in [0.2, 0.25) is 0 Å². The second-order valence-electron chi connectivity index (χ2n) is 11.0. The number of nitrogens with zero attached hydrogens (tertiary/aromatic N) is 1. The van der Waals surface area contributed by atoms with Crippen LogP contribution in [0, 0.1) is 5.41 Å². The number of likely N-dealkylation sites (tertiary alicyclic amines) is 1. The van der Waals surface area contributed by atoms with Crippen LogP contribution in [0.3, 0.4) is 0 Å². The van der Waals surface area contributed by atoms with E-state index in [1.807, 2.05) is 30.3 Å². The quantitative estimate of drug-likeness (QED) is 0.324. The average Bonchev–Trinajstić information content (AvgIpc) is 2.84. The van der Waals surface area contributed by atoms with Crippen LogP contribution in [0.15, 0.2) is 36.4 Å². The number of likely N-dealkylation sites (N-methyl/N-ethyl adjacent to an activating group) is 1. The third-order valence-corrected chi connectivity index (χ3v) is 9.12. The van der Waals surface area contributed by atoms with Crippen molar-refractivity contribution in [2.75, 3.05) is 30.8 Å². The van der Waals surface area contributed by atoms with Crippen molar-refractivity contribution < 1.29 is 14.6 Å². The molecule has 2 aromatic rings. The van der Waals surface area contributed by atoms with Crippen LogP contribution < -0.4 is 10.6 Å². The van der Waals surface area contributed by atoms with E-state index < -0.39 is 6.09 Å². The van der Waals surface area contributed by atoms with Gasteiger partial charge in [-0.25, -0.2) is 4.79 Å². The number of carbonyl (C=O) groups is 1. The van der Waals surface area contributed by atoms with Crippen LogP contribution in [0.4, 0.5) is 21.9 Å². The maximum Gasteiger partial charge on any atom is 0.411 e. The number of aromatic hydroxyl groups is 1. The molecule has 3 N–H and O–H groups in total. The van der Waals surface area contributed by atoms with Crippen molar-refractivity contribution in [3.05, 3.63) is 47.5 Å². The molecule has 0 spiro atoms. The Morgan fingerprint density at radius 2 is 1.91 bits per heavy atom. The summed E-state index contributed by atoms with van der Waals surface area (Å²) in [6, 6.07) is 12.2. The number of anilines is 3. The Labute approximate surface area is 209 Å². The Kier molecular flexibility index (Phi) is 6.43. The first-order valence-electron chi connectivity index (χ1n) is 13.2. The van der Waals surface area contributed by atoms with E-state index in [4.69, 9.17) is 4.74 Å². The smallest absolute Gasteiger partial charge is 0.411 e. The number of hydrogen-bond acceptors (Lipinski definition) is 5. The lowest BCUT2D eigenvalue weighted by Gasteiger charge is -2.65. The van der Waals surface area contributed by atoms with Crippen LogP contribution in [-0.4, -0.2) is 42.3 Å². The summed E-state index contributed by atoms with van der Waals surface area (Å²) in [5, 5.41) is 17.4. The molecule has 3 atom stereocenters. The fourth-order valence-electron chi connectivity index (χ4n) is 7.16. The molecule has 2 aliphatic carbocycles. The average molecular weight is 478 g/mol. The number of unbranched alkanes of at least 4 members (excludes halogenated alkanes) is 1. The number of phenols is 1. The highest BCUT2D eigenvalue weighted by Gasteiger charge is 2.60. The second kappa shape index (κ2) is 9.38. The number of rotatable bonds is 6. The summed E-state index contributed by atoms with van der Waals surface area (Å²) in [7, 11) is 2.28. The number of ether oxygens (including phenoxy) is 1. The minimum Gasteiger partial charge on any atom is -0.506 e. The van der Waals surface area contributed by atoms with E-state index in [0.717, 1.165) is 37.9 Å². The largest absolute Gasteiger partial charge is 0.506 e. The van der Waals surface area contributed by atoms with Gasteiger partial charge in [0.1, 0.15) is 5.75 Å². The molecule has 1 heterocycles. The van der Waals surface area contributed by atoms with Crippen LogP contribution >= 0.6 is 0 Å². The van der Waals surface area contributed by atoms with E-state index >= 15 is 0 Å². The fraction of sp³-hybridized carbons (Fsp3) is 0.552. The van der Waals surface area contributed by atoms with Gasteiger partial charge >= 0.3 is 6.09 Å². The molecule has 2 fully saturated rings. The van der Waals surface area contributed by atoms with Crippen molar-refractivity contribution in [3.63, 3.8) is 0 Å². The molecule has 6 heteroatoms. The zero-order valence-corrected chi connectivity index (χ0v) is 21.3. The third kappa shape index (κ3) is 4.06. The molecule has 1 saturated heterocycles. The number of nitrogens with one attached hydrogen (secondary N) is 2. The van der Waals surface area contributed by atoms with Gasteiger partial charge in [0.2, 0.25) is 0 Å². The van der Waals surface area contributed by atoms with E-state index in [-0.39, 0.29) is 16.6 Å². The zero-order valence-electron chi connectivity index (χ0n) is 21.3. The zero-order chi connectivity index (χ0) is 24.6. The maximum atomic E-state index is 12.2. The number of carbonyl (C=O) groups excluding carboxylic acids is 1. The summed E-state index contributed by atoms with van der Waals surface area (Å²) >= 11 is 0. The maximum absolute atomic E-state index is 12.2. The molecular weight excluding hydrogens is 438 g/mol. The minimum absolute atomic E-state index is 0.147. The number of benzene rings is 2. The molecular formula is C29H39N3O3. The predicted octanol–water partition coefficient (Wildman–Crippen LogP) is 6.56. The van der Waals surface area contributed by atoms with Gasteiger partial charge in [0, 0.05) is 11.5 Å². The van der Waals surface area contributed by atoms with Crippen molar-refractivity contribution in [2.24, 2.45) is 5.41 Å². The number of piperidine rings is 1. The highest BCUT2D eigenvalue weighted by Crippen LogP contribution is 2.63. The second-order valence-corrected chi connectivity index (χ2v) is 11.0. The number of hydrogen-bond donors (Lipinski definition) is 3. The molecule has 2 bridgehead atoms. The molecule has 0 unspecified atom stereocenters. The van der Waals surface area contributed by atoms with Crippen molar-refractivity contribution in [1.82, 2.24) is 4.90 Å². The lowest BCUT2D eigenvalue weighted by Crippen LogP contribution is -2.66.